The van der Waals surface area contributed by atoms with Gasteiger partial charge in [0, 0.05) is 85.5 Å². The van der Waals surface area contributed by atoms with Gasteiger partial charge in [0.05, 0.1) is 0 Å². The van der Waals surface area contributed by atoms with Crippen LogP contribution in [0.5, 0.6) is 34.5 Å². The molecule has 64 heavy (non-hydrogen) atoms. The van der Waals surface area contributed by atoms with E-state index in [2.05, 4.69) is 0 Å². The molecular weight excluding hydrogens is 817 g/mol. The smallest absolute Gasteiger partial charge is 0.311 e. The molecular formula is C52H58O12. The van der Waals surface area contributed by atoms with Crippen molar-refractivity contribution in [3.8, 4) is 34.5 Å². The fourth-order valence-corrected chi connectivity index (χ4v) is 8.80. The van der Waals surface area contributed by atoms with Crippen LogP contribution in [0.2, 0.25) is 0 Å². The fourth-order valence-electron chi connectivity index (χ4n) is 8.80. The predicted octanol–water partition coefficient (Wildman–Crippen LogP) is 11.1. The maximum absolute atomic E-state index is 13.5. The summed E-state index contributed by atoms with van der Waals surface area (Å²) in [5, 5.41) is 0. The zero-order valence-electron chi connectivity index (χ0n) is 37.6. The first-order valence-electron chi connectivity index (χ1n) is 22.7. The van der Waals surface area contributed by atoms with Crippen molar-refractivity contribution in [1.82, 2.24) is 0 Å². The van der Waals surface area contributed by atoms with Gasteiger partial charge >= 0.3 is 35.8 Å². The first-order chi connectivity index (χ1) is 30.9. The van der Waals surface area contributed by atoms with E-state index in [-0.39, 0.29) is 73.5 Å². The summed E-state index contributed by atoms with van der Waals surface area (Å²) in [7, 11) is 0. The van der Waals surface area contributed by atoms with Crippen molar-refractivity contribution in [2.24, 2.45) is 0 Å². The van der Waals surface area contributed by atoms with Crippen LogP contribution >= 0.6 is 0 Å². The van der Waals surface area contributed by atoms with E-state index in [1.165, 1.54) is 0 Å². The van der Waals surface area contributed by atoms with Gasteiger partial charge in [-0.2, -0.15) is 0 Å². The van der Waals surface area contributed by atoms with Gasteiger partial charge in [-0.25, -0.2) is 0 Å². The highest BCUT2D eigenvalue weighted by atomic mass is 16.6. The molecule has 0 N–H and O–H groups in total. The Balaban J connectivity index is 1.66. The number of ether oxygens (including phenoxy) is 6. The number of hydrogen-bond donors (Lipinski definition) is 0. The van der Waals surface area contributed by atoms with Crippen LogP contribution in [-0.2, 0) is 28.8 Å². The summed E-state index contributed by atoms with van der Waals surface area (Å²) in [4.78, 5) is 78.2. The van der Waals surface area contributed by atoms with Crippen LogP contribution in [0.15, 0.2) is 72.8 Å². The number of carbonyl (C=O) groups is 6. The molecule has 0 saturated heterocycles. The Morgan fingerprint density at radius 3 is 0.906 bits per heavy atom. The van der Waals surface area contributed by atoms with Crippen molar-refractivity contribution < 1.29 is 57.2 Å². The van der Waals surface area contributed by atoms with E-state index in [0.717, 1.165) is 22.3 Å². The minimum Gasteiger partial charge on any atom is -0.427 e. The Morgan fingerprint density at radius 1 is 0.359 bits per heavy atom. The Morgan fingerprint density at radius 2 is 0.625 bits per heavy atom. The van der Waals surface area contributed by atoms with Crippen LogP contribution in [0.4, 0.5) is 0 Å². The molecule has 0 heterocycles. The quantitative estimate of drug-likeness (QED) is 0.0612. The van der Waals surface area contributed by atoms with Gasteiger partial charge in [0.1, 0.15) is 34.5 Å². The van der Waals surface area contributed by atoms with Crippen LogP contribution in [0, 0.1) is 0 Å². The molecule has 2 aliphatic carbocycles. The van der Waals surface area contributed by atoms with Gasteiger partial charge in [-0.1, -0.05) is 65.8 Å². The summed E-state index contributed by atoms with van der Waals surface area (Å²) in [6, 6.07) is 21.2. The van der Waals surface area contributed by atoms with E-state index in [4.69, 9.17) is 28.4 Å². The van der Waals surface area contributed by atoms with Gasteiger partial charge in [0.2, 0.25) is 0 Å². The van der Waals surface area contributed by atoms with Gasteiger partial charge < -0.3 is 28.4 Å². The standard InChI is InChI=1S/C52H58O12/c1-7-13-41(53)59-33-23-19-31(20-24-33)47-49-37(27-35(61-43(55)15-9-3)29-39(49)63-45(57)17-11-5)52-48(32-21-25-34(26-22-32)60-42(54)14-8-2)50-38(51(47)52)28-36(62-44(56)16-10-4)30-40(50)64-46(58)18-12-6/h19-30,47-48,51-52H,7-18H2,1-6H3/t47-,48-,51+,52+/m1/s1. The molecule has 4 aromatic rings. The number of carbonyl (C=O) groups excluding carboxylic acids is 6. The van der Waals surface area contributed by atoms with Gasteiger partial charge in [0.25, 0.3) is 0 Å². The normalized spacial score (nSPS) is 16.8. The topological polar surface area (TPSA) is 158 Å². The van der Waals surface area contributed by atoms with E-state index < -0.39 is 47.5 Å². The zero-order chi connectivity index (χ0) is 45.9. The molecule has 6 rings (SSSR count). The monoisotopic (exact) mass is 874 g/mol. The minimum absolute atomic E-state index is 0.142. The van der Waals surface area contributed by atoms with Gasteiger partial charge in [-0.05, 0) is 97.2 Å². The van der Waals surface area contributed by atoms with Gasteiger partial charge in [0.15, 0.2) is 0 Å². The van der Waals surface area contributed by atoms with E-state index in [9.17, 15) is 28.8 Å². The Hall–Kier alpha value is -6.30. The molecule has 0 bridgehead atoms. The van der Waals surface area contributed by atoms with Crippen LogP contribution in [0.1, 0.15) is 176 Å². The summed E-state index contributed by atoms with van der Waals surface area (Å²) in [6.45, 7) is 11.3. The van der Waals surface area contributed by atoms with Crippen LogP contribution in [0.3, 0.4) is 0 Å². The van der Waals surface area contributed by atoms with E-state index >= 15 is 0 Å². The Bertz CT molecular complexity index is 2180. The summed E-state index contributed by atoms with van der Waals surface area (Å²) in [5.74, 6) is -3.01. The van der Waals surface area contributed by atoms with Crippen molar-refractivity contribution in [2.75, 3.05) is 0 Å². The predicted molar refractivity (Wildman–Crippen MR) is 238 cm³/mol. The molecule has 0 saturated carbocycles. The third kappa shape index (κ3) is 10.9. The minimum atomic E-state index is -0.552. The van der Waals surface area contributed by atoms with Crippen molar-refractivity contribution in [2.45, 2.75) is 142 Å². The van der Waals surface area contributed by atoms with Crippen LogP contribution < -0.4 is 28.4 Å². The highest BCUT2D eigenvalue weighted by molar-refractivity contribution is 5.80. The van der Waals surface area contributed by atoms with E-state index in [0.29, 0.717) is 61.2 Å². The molecule has 12 heteroatoms. The lowest BCUT2D eigenvalue weighted by atomic mass is 9.79. The Kier molecular flexibility index (Phi) is 16.1. The number of benzene rings is 4. The maximum Gasteiger partial charge on any atom is 0.311 e. The number of hydrogen-bond acceptors (Lipinski definition) is 12. The van der Waals surface area contributed by atoms with E-state index in [1.54, 1.807) is 36.4 Å². The van der Waals surface area contributed by atoms with Crippen molar-refractivity contribution in [1.29, 1.82) is 0 Å². The summed E-state index contributed by atoms with van der Waals surface area (Å²) in [5.41, 5.74) is 4.40. The van der Waals surface area contributed by atoms with Gasteiger partial charge in [-0.3, -0.25) is 28.8 Å². The second kappa shape index (κ2) is 21.9. The average Bonchev–Trinajstić information content (AvgIpc) is 3.75. The maximum atomic E-state index is 13.5. The highest BCUT2D eigenvalue weighted by Crippen LogP contribution is 2.69. The van der Waals surface area contributed by atoms with Crippen LogP contribution in [0.25, 0.3) is 0 Å². The number of fused-ring (bicyclic) bond motifs is 5. The molecule has 0 unspecified atom stereocenters. The van der Waals surface area contributed by atoms with Crippen LogP contribution in [-0.4, -0.2) is 35.8 Å². The summed E-state index contributed by atoms with van der Waals surface area (Å²) in [6.07, 6.45) is 4.60. The van der Waals surface area contributed by atoms with Gasteiger partial charge in [-0.15, -0.1) is 0 Å². The molecule has 0 spiro atoms. The Labute approximate surface area is 374 Å². The molecule has 2 aliphatic rings. The number of esters is 6. The summed E-state index contributed by atoms with van der Waals surface area (Å²) >= 11 is 0. The van der Waals surface area contributed by atoms with Crippen molar-refractivity contribution in [3.63, 3.8) is 0 Å². The lowest BCUT2D eigenvalue weighted by Crippen LogP contribution is -2.14. The molecule has 0 aliphatic heterocycles. The molecule has 0 amide bonds. The molecule has 12 nitrogen and oxygen atoms in total. The molecule has 338 valence electrons. The molecule has 0 aromatic heterocycles. The third-order valence-corrected chi connectivity index (χ3v) is 11.3. The second-order valence-electron chi connectivity index (χ2n) is 16.3. The van der Waals surface area contributed by atoms with Crippen molar-refractivity contribution >= 4 is 35.8 Å². The second-order valence-corrected chi connectivity index (χ2v) is 16.3. The first kappa shape index (κ1) is 47.2. The first-order valence-corrected chi connectivity index (χ1v) is 22.7. The molecule has 4 atom stereocenters. The highest BCUT2D eigenvalue weighted by Gasteiger charge is 2.55. The fraction of sp³-hybridized carbons (Fsp3) is 0.423. The average molecular weight is 875 g/mol. The SMILES string of the molecule is CCCC(=O)Oc1ccc([C@@H]2c3c(OC(=O)CCC)cc(OC(=O)CCC)cc3[C@H]3[C@H](c4ccc(OC(=O)CCC)cc4)c4c(OC(=O)CCC)cc(OC(=O)CCC)cc4[C@@H]23)cc1. The van der Waals surface area contributed by atoms with E-state index in [1.807, 2.05) is 77.9 Å². The number of rotatable bonds is 20. The largest absolute Gasteiger partial charge is 0.427 e. The zero-order valence-corrected chi connectivity index (χ0v) is 37.6. The summed E-state index contributed by atoms with van der Waals surface area (Å²) < 4.78 is 35.6. The molecule has 0 radical (unpaired) electrons. The lowest BCUT2D eigenvalue weighted by molar-refractivity contribution is -0.135. The van der Waals surface area contributed by atoms with Crippen molar-refractivity contribution in [3.05, 3.63) is 106 Å². The lowest BCUT2D eigenvalue weighted by Gasteiger charge is -2.24. The molecule has 4 aromatic carbocycles. The molecule has 0 fully saturated rings. The third-order valence-electron chi connectivity index (χ3n) is 11.3.